The van der Waals surface area contributed by atoms with Gasteiger partial charge >= 0.3 is 6.36 Å². The summed E-state index contributed by atoms with van der Waals surface area (Å²) in [5, 5.41) is 14.0. The molecule has 0 aliphatic rings. The first kappa shape index (κ1) is 21.7. The van der Waals surface area contributed by atoms with Crippen LogP contribution >= 0.6 is 0 Å². The summed E-state index contributed by atoms with van der Waals surface area (Å²) < 4.78 is 40.1. The van der Waals surface area contributed by atoms with Gasteiger partial charge in [0.25, 0.3) is 0 Å². The Bertz CT molecular complexity index is 908. The molecular formula is C19H17F3N4O3. The van der Waals surface area contributed by atoms with Crippen LogP contribution in [0.1, 0.15) is 5.56 Å². The topological polar surface area (TPSA) is 94.5 Å². The molecule has 0 spiro atoms. The summed E-state index contributed by atoms with van der Waals surface area (Å²) in [6, 6.07) is 13.1. The molecule has 0 radical (unpaired) electrons. The van der Waals surface area contributed by atoms with Crippen LogP contribution in [-0.4, -0.2) is 43.2 Å². The number of hydrogen-bond donors (Lipinski definition) is 2. The Balaban J connectivity index is 1.81. The van der Waals surface area contributed by atoms with Crippen LogP contribution in [0.4, 0.5) is 24.5 Å². The average Bonchev–Trinajstić information content (AvgIpc) is 2.62. The van der Waals surface area contributed by atoms with Crippen molar-refractivity contribution in [1.29, 1.82) is 5.26 Å². The number of nitriles is 1. The van der Waals surface area contributed by atoms with Crippen LogP contribution in [0, 0.1) is 11.3 Å². The quantitative estimate of drug-likeness (QED) is 0.737. The molecule has 2 N–H and O–H groups in total. The van der Waals surface area contributed by atoms with E-state index in [0.717, 1.165) is 12.1 Å². The zero-order chi connectivity index (χ0) is 21.4. The van der Waals surface area contributed by atoms with Crippen LogP contribution in [0.2, 0.25) is 0 Å². The third-order valence-corrected chi connectivity index (χ3v) is 3.47. The van der Waals surface area contributed by atoms with Gasteiger partial charge in [0, 0.05) is 11.4 Å². The molecule has 0 unspecified atom stereocenters. The molecule has 7 nitrogen and oxygen atoms in total. The van der Waals surface area contributed by atoms with Crippen molar-refractivity contribution in [3.05, 3.63) is 54.1 Å². The van der Waals surface area contributed by atoms with Crippen molar-refractivity contribution in [2.75, 3.05) is 30.8 Å². The van der Waals surface area contributed by atoms with Gasteiger partial charge in [-0.15, -0.1) is 13.2 Å². The molecule has 0 heterocycles. The van der Waals surface area contributed by atoms with Gasteiger partial charge in [-0.05, 0) is 49.5 Å². The summed E-state index contributed by atoms with van der Waals surface area (Å²) >= 11 is 0. The van der Waals surface area contributed by atoms with E-state index in [-0.39, 0.29) is 24.7 Å². The van der Waals surface area contributed by atoms with Gasteiger partial charge in [0.2, 0.25) is 11.8 Å². The number of hydrogen-bond acceptors (Lipinski definition) is 5. The van der Waals surface area contributed by atoms with Gasteiger partial charge in [0.1, 0.15) is 5.75 Å². The third kappa shape index (κ3) is 7.90. The Kier molecular flexibility index (Phi) is 7.16. The summed E-state index contributed by atoms with van der Waals surface area (Å²) in [5.41, 5.74) is 1.16. The van der Waals surface area contributed by atoms with Gasteiger partial charge in [0.05, 0.1) is 24.7 Å². The Morgan fingerprint density at radius 2 is 1.62 bits per heavy atom. The number of benzene rings is 2. The first-order chi connectivity index (χ1) is 13.6. The predicted octanol–water partition coefficient (Wildman–Crippen LogP) is 2.97. The molecule has 29 heavy (non-hydrogen) atoms. The minimum absolute atomic E-state index is 0.0808. The number of carbonyl (C=O) groups is 2. The Morgan fingerprint density at radius 3 is 2.17 bits per heavy atom. The van der Waals surface area contributed by atoms with Crippen molar-refractivity contribution < 1.29 is 27.5 Å². The summed E-state index contributed by atoms with van der Waals surface area (Å²) in [4.78, 5) is 25.5. The molecule has 2 aromatic carbocycles. The van der Waals surface area contributed by atoms with E-state index in [1.54, 1.807) is 25.2 Å². The number of amides is 2. The fraction of sp³-hybridized carbons (Fsp3) is 0.211. The van der Waals surface area contributed by atoms with E-state index in [1.807, 2.05) is 6.07 Å². The molecule has 0 saturated heterocycles. The van der Waals surface area contributed by atoms with Crippen LogP contribution < -0.4 is 15.4 Å². The maximum absolute atomic E-state index is 12.1. The summed E-state index contributed by atoms with van der Waals surface area (Å²) in [5.74, 6) is -1.22. The van der Waals surface area contributed by atoms with Crippen molar-refractivity contribution in [2.24, 2.45) is 0 Å². The average molecular weight is 406 g/mol. The van der Waals surface area contributed by atoms with E-state index in [9.17, 15) is 22.8 Å². The molecule has 2 amide bonds. The summed E-state index contributed by atoms with van der Waals surface area (Å²) in [6.07, 6.45) is -4.79. The van der Waals surface area contributed by atoms with Gasteiger partial charge < -0.3 is 15.4 Å². The van der Waals surface area contributed by atoms with E-state index >= 15 is 0 Å². The molecule has 0 aromatic heterocycles. The van der Waals surface area contributed by atoms with Crippen LogP contribution in [0.5, 0.6) is 5.75 Å². The number of anilines is 2. The molecule has 0 aliphatic heterocycles. The van der Waals surface area contributed by atoms with E-state index < -0.39 is 18.0 Å². The summed E-state index contributed by atoms with van der Waals surface area (Å²) in [6.45, 7) is -0.199. The van der Waals surface area contributed by atoms with Gasteiger partial charge in [-0.1, -0.05) is 6.07 Å². The highest BCUT2D eigenvalue weighted by atomic mass is 19.4. The minimum atomic E-state index is -4.79. The van der Waals surface area contributed by atoms with Crippen molar-refractivity contribution in [3.63, 3.8) is 0 Å². The lowest BCUT2D eigenvalue weighted by atomic mass is 10.2. The van der Waals surface area contributed by atoms with E-state index in [2.05, 4.69) is 15.4 Å². The third-order valence-electron chi connectivity index (χ3n) is 3.47. The van der Waals surface area contributed by atoms with Crippen molar-refractivity contribution in [2.45, 2.75) is 6.36 Å². The Labute approximate surface area is 164 Å². The Morgan fingerprint density at radius 1 is 1.03 bits per heavy atom. The molecule has 2 aromatic rings. The van der Waals surface area contributed by atoms with Crippen molar-refractivity contribution >= 4 is 23.2 Å². The highest BCUT2D eigenvalue weighted by Crippen LogP contribution is 2.23. The van der Waals surface area contributed by atoms with Crippen molar-refractivity contribution in [3.8, 4) is 11.8 Å². The number of alkyl halides is 3. The highest BCUT2D eigenvalue weighted by Gasteiger charge is 2.30. The lowest BCUT2D eigenvalue weighted by Crippen LogP contribution is -2.36. The van der Waals surface area contributed by atoms with E-state index in [1.165, 1.54) is 23.1 Å². The molecule has 0 saturated carbocycles. The first-order valence-corrected chi connectivity index (χ1v) is 8.29. The van der Waals surface area contributed by atoms with Crippen molar-refractivity contribution in [1.82, 2.24) is 4.90 Å². The number of nitrogens with one attached hydrogen (secondary N) is 2. The molecule has 152 valence electrons. The fourth-order valence-corrected chi connectivity index (χ4v) is 2.35. The number of carbonyl (C=O) groups excluding carboxylic acids is 2. The SMILES string of the molecule is CN(CC(=O)Nc1ccc(OC(F)(F)F)cc1)CC(=O)Nc1cccc(C#N)c1. The van der Waals surface area contributed by atoms with Gasteiger partial charge in [-0.2, -0.15) is 5.26 Å². The molecule has 0 bridgehead atoms. The molecule has 10 heteroatoms. The number of rotatable bonds is 7. The van der Waals surface area contributed by atoms with Gasteiger partial charge in [-0.3, -0.25) is 14.5 Å². The van der Waals surface area contributed by atoms with Crippen LogP contribution in [0.3, 0.4) is 0 Å². The molecular weight excluding hydrogens is 389 g/mol. The maximum atomic E-state index is 12.1. The fourth-order valence-electron chi connectivity index (χ4n) is 2.35. The lowest BCUT2D eigenvalue weighted by molar-refractivity contribution is -0.274. The second-order valence-corrected chi connectivity index (χ2v) is 6.03. The zero-order valence-corrected chi connectivity index (χ0v) is 15.3. The number of likely N-dealkylation sites (N-methyl/N-ethyl adjacent to an activating group) is 1. The minimum Gasteiger partial charge on any atom is -0.406 e. The van der Waals surface area contributed by atoms with Gasteiger partial charge in [0.15, 0.2) is 0 Å². The number of ether oxygens (including phenoxy) is 1. The standard InChI is InChI=1S/C19H17F3N4O3/c1-26(12-18(28)25-15-4-2-3-13(9-15)10-23)11-17(27)24-14-5-7-16(8-6-14)29-19(20,21)22/h2-9H,11-12H2,1H3,(H,24,27)(H,25,28). The van der Waals surface area contributed by atoms with Crippen LogP contribution in [0.15, 0.2) is 48.5 Å². The second kappa shape index (κ2) is 9.57. The van der Waals surface area contributed by atoms with E-state index in [0.29, 0.717) is 11.3 Å². The maximum Gasteiger partial charge on any atom is 0.573 e. The smallest absolute Gasteiger partial charge is 0.406 e. The molecule has 0 fully saturated rings. The van der Waals surface area contributed by atoms with Crippen LogP contribution in [-0.2, 0) is 9.59 Å². The molecule has 0 aliphatic carbocycles. The Hall–Kier alpha value is -3.58. The lowest BCUT2D eigenvalue weighted by Gasteiger charge is -2.16. The highest BCUT2D eigenvalue weighted by molar-refractivity contribution is 5.94. The largest absolute Gasteiger partial charge is 0.573 e. The van der Waals surface area contributed by atoms with E-state index in [4.69, 9.17) is 5.26 Å². The number of nitrogens with zero attached hydrogens (tertiary/aromatic N) is 2. The normalized spacial score (nSPS) is 10.9. The second-order valence-electron chi connectivity index (χ2n) is 6.03. The summed E-state index contributed by atoms with van der Waals surface area (Å²) in [7, 11) is 1.56. The van der Waals surface area contributed by atoms with Crippen LogP contribution in [0.25, 0.3) is 0 Å². The first-order valence-electron chi connectivity index (χ1n) is 8.29. The zero-order valence-electron chi connectivity index (χ0n) is 15.3. The predicted molar refractivity (Wildman–Crippen MR) is 99.0 cm³/mol. The van der Waals surface area contributed by atoms with Gasteiger partial charge in [-0.25, -0.2) is 0 Å². The monoisotopic (exact) mass is 406 g/mol. The molecule has 2 rings (SSSR count). The molecule has 0 atom stereocenters. The number of halogens is 3.